The van der Waals surface area contributed by atoms with Crippen molar-refractivity contribution in [1.29, 1.82) is 0 Å². The van der Waals surface area contributed by atoms with Gasteiger partial charge in [0.05, 0.1) is 0 Å². The zero-order valence-electron chi connectivity index (χ0n) is 10.1. The third kappa shape index (κ3) is 4.24. The molecule has 0 saturated heterocycles. The van der Waals surface area contributed by atoms with Crippen LogP contribution in [0.2, 0.25) is 0 Å². The van der Waals surface area contributed by atoms with Gasteiger partial charge < -0.3 is 5.32 Å². The van der Waals surface area contributed by atoms with Crippen LogP contribution in [0.5, 0.6) is 0 Å². The van der Waals surface area contributed by atoms with E-state index in [2.05, 4.69) is 27.2 Å². The van der Waals surface area contributed by atoms with Gasteiger partial charge >= 0.3 is 0 Å². The van der Waals surface area contributed by atoms with Crippen molar-refractivity contribution in [2.45, 2.75) is 32.7 Å². The van der Waals surface area contributed by atoms with Crippen LogP contribution in [0, 0.1) is 19.3 Å². The van der Waals surface area contributed by atoms with E-state index >= 15 is 0 Å². The summed E-state index contributed by atoms with van der Waals surface area (Å²) in [5.41, 5.74) is 1.71. The van der Waals surface area contributed by atoms with Crippen molar-refractivity contribution < 1.29 is 4.79 Å². The maximum Gasteiger partial charge on any atom is 0.251 e. The van der Waals surface area contributed by atoms with Gasteiger partial charge in [-0.2, -0.15) is 0 Å². The van der Waals surface area contributed by atoms with E-state index in [4.69, 9.17) is 6.42 Å². The molecule has 0 aliphatic carbocycles. The molecule has 0 saturated carbocycles. The minimum Gasteiger partial charge on any atom is -0.348 e. The molecule has 0 aliphatic heterocycles. The Hall–Kier alpha value is -1.27. The van der Waals surface area contributed by atoms with Crippen LogP contribution >= 0.6 is 15.9 Å². The van der Waals surface area contributed by atoms with Crippen LogP contribution in [0.25, 0.3) is 0 Å². The molecular formula is C14H16BrNO. The van der Waals surface area contributed by atoms with Crippen LogP contribution in [-0.2, 0) is 0 Å². The summed E-state index contributed by atoms with van der Waals surface area (Å²) < 4.78 is 0.910. The van der Waals surface area contributed by atoms with E-state index in [-0.39, 0.29) is 11.9 Å². The highest BCUT2D eigenvalue weighted by Gasteiger charge is 2.11. The molecule has 0 aliphatic rings. The third-order valence-corrected chi connectivity index (χ3v) is 2.95. The van der Waals surface area contributed by atoms with Crippen LogP contribution in [0.15, 0.2) is 22.7 Å². The molecule has 2 nitrogen and oxygen atoms in total. The van der Waals surface area contributed by atoms with Crippen molar-refractivity contribution in [2.24, 2.45) is 0 Å². The van der Waals surface area contributed by atoms with E-state index < -0.39 is 0 Å². The van der Waals surface area contributed by atoms with E-state index in [1.54, 1.807) is 0 Å². The van der Waals surface area contributed by atoms with Gasteiger partial charge in [0.2, 0.25) is 0 Å². The first-order chi connectivity index (χ1) is 8.06. The van der Waals surface area contributed by atoms with Crippen LogP contribution in [0.4, 0.5) is 0 Å². The quantitative estimate of drug-likeness (QED) is 0.848. The highest BCUT2D eigenvalue weighted by molar-refractivity contribution is 9.10. The average molecular weight is 294 g/mol. The number of halogens is 1. The maximum absolute atomic E-state index is 12.0. The molecule has 0 spiro atoms. The molecule has 1 aromatic rings. The predicted molar refractivity (Wildman–Crippen MR) is 73.9 cm³/mol. The maximum atomic E-state index is 12.0. The molecule has 0 heterocycles. The van der Waals surface area contributed by atoms with E-state index in [9.17, 15) is 4.79 Å². The SMILES string of the molecule is C#CCC(CC)NC(=O)c1cc(C)cc(Br)c1. The topological polar surface area (TPSA) is 29.1 Å². The summed E-state index contributed by atoms with van der Waals surface area (Å²) in [6.45, 7) is 3.97. The largest absolute Gasteiger partial charge is 0.348 e. The van der Waals surface area contributed by atoms with Gasteiger partial charge in [-0.3, -0.25) is 4.79 Å². The molecule has 0 bridgehead atoms. The second-order valence-corrected chi connectivity index (χ2v) is 4.92. The minimum absolute atomic E-state index is 0.0480. The first kappa shape index (κ1) is 13.8. The molecule has 0 fully saturated rings. The standard InChI is InChI=1S/C14H16BrNO/c1-4-6-13(5-2)16-14(17)11-7-10(3)8-12(15)9-11/h1,7-9,13H,5-6H2,2-3H3,(H,16,17). The summed E-state index contributed by atoms with van der Waals surface area (Å²) in [4.78, 5) is 12.0. The van der Waals surface area contributed by atoms with Gasteiger partial charge in [-0.05, 0) is 37.1 Å². The van der Waals surface area contributed by atoms with Gasteiger partial charge in [0.25, 0.3) is 5.91 Å². The Morgan fingerprint density at radius 1 is 1.53 bits per heavy atom. The van der Waals surface area contributed by atoms with Crippen LogP contribution in [-0.4, -0.2) is 11.9 Å². The Balaban J connectivity index is 2.79. The third-order valence-electron chi connectivity index (χ3n) is 2.50. The zero-order chi connectivity index (χ0) is 12.8. The van der Waals surface area contributed by atoms with Crippen molar-refractivity contribution in [3.63, 3.8) is 0 Å². The number of carbonyl (C=O) groups is 1. The number of hydrogen-bond donors (Lipinski definition) is 1. The van der Waals surface area contributed by atoms with E-state index in [1.807, 2.05) is 32.0 Å². The van der Waals surface area contributed by atoms with Crippen LogP contribution in [0.3, 0.4) is 0 Å². The molecule has 1 N–H and O–H groups in total. The number of rotatable bonds is 4. The second-order valence-electron chi connectivity index (χ2n) is 4.00. The first-order valence-electron chi connectivity index (χ1n) is 5.58. The first-order valence-corrected chi connectivity index (χ1v) is 6.37. The van der Waals surface area contributed by atoms with Gasteiger partial charge in [0.15, 0.2) is 0 Å². The Morgan fingerprint density at radius 2 is 2.24 bits per heavy atom. The number of terminal acetylenes is 1. The molecule has 90 valence electrons. The summed E-state index contributed by atoms with van der Waals surface area (Å²) in [5, 5.41) is 2.94. The van der Waals surface area contributed by atoms with Gasteiger partial charge in [0, 0.05) is 22.5 Å². The molecule has 3 heteroatoms. The average Bonchev–Trinajstić information content (AvgIpc) is 2.27. The number of hydrogen-bond acceptors (Lipinski definition) is 1. The highest BCUT2D eigenvalue weighted by Crippen LogP contribution is 2.15. The fourth-order valence-electron chi connectivity index (χ4n) is 1.58. The molecule has 0 aromatic heterocycles. The fourth-order valence-corrected chi connectivity index (χ4v) is 2.18. The molecule has 0 radical (unpaired) electrons. The minimum atomic E-state index is -0.0727. The zero-order valence-corrected chi connectivity index (χ0v) is 11.7. The van der Waals surface area contributed by atoms with Crippen molar-refractivity contribution in [1.82, 2.24) is 5.32 Å². The second kappa shape index (κ2) is 6.46. The monoisotopic (exact) mass is 293 g/mol. The van der Waals surface area contributed by atoms with Gasteiger partial charge in [0.1, 0.15) is 0 Å². The van der Waals surface area contributed by atoms with Crippen molar-refractivity contribution >= 4 is 21.8 Å². The molecular weight excluding hydrogens is 278 g/mol. The van der Waals surface area contributed by atoms with Crippen molar-refractivity contribution in [3.05, 3.63) is 33.8 Å². The van der Waals surface area contributed by atoms with Crippen molar-refractivity contribution in [3.8, 4) is 12.3 Å². The molecule has 17 heavy (non-hydrogen) atoms. The molecule has 1 aromatic carbocycles. The molecule has 1 unspecified atom stereocenters. The fraction of sp³-hybridized carbons (Fsp3) is 0.357. The number of aryl methyl sites for hydroxylation is 1. The number of benzene rings is 1. The lowest BCUT2D eigenvalue weighted by molar-refractivity contribution is 0.0936. The van der Waals surface area contributed by atoms with E-state index in [1.165, 1.54) is 0 Å². The number of carbonyl (C=O) groups excluding carboxylic acids is 1. The smallest absolute Gasteiger partial charge is 0.251 e. The van der Waals surface area contributed by atoms with E-state index in [0.29, 0.717) is 12.0 Å². The van der Waals surface area contributed by atoms with E-state index in [0.717, 1.165) is 16.5 Å². The van der Waals surface area contributed by atoms with Crippen molar-refractivity contribution in [2.75, 3.05) is 0 Å². The lowest BCUT2D eigenvalue weighted by Crippen LogP contribution is -2.34. The summed E-state index contributed by atoms with van der Waals surface area (Å²) in [5.74, 6) is 2.50. The van der Waals surface area contributed by atoms with Gasteiger partial charge in [-0.15, -0.1) is 12.3 Å². The molecule has 1 atom stereocenters. The molecule has 1 rings (SSSR count). The summed E-state index contributed by atoms with van der Waals surface area (Å²) in [6, 6.07) is 5.69. The Morgan fingerprint density at radius 3 is 2.76 bits per heavy atom. The highest BCUT2D eigenvalue weighted by atomic mass is 79.9. The predicted octanol–water partition coefficient (Wildman–Crippen LogP) is 3.29. The number of amides is 1. The summed E-state index contributed by atoms with van der Waals surface area (Å²) >= 11 is 3.38. The lowest BCUT2D eigenvalue weighted by atomic mass is 10.1. The summed E-state index contributed by atoms with van der Waals surface area (Å²) in [7, 11) is 0. The van der Waals surface area contributed by atoms with Gasteiger partial charge in [-0.25, -0.2) is 0 Å². The van der Waals surface area contributed by atoms with Crippen LogP contribution in [0.1, 0.15) is 35.7 Å². The summed E-state index contributed by atoms with van der Waals surface area (Å²) in [6.07, 6.45) is 6.66. The normalized spacial score (nSPS) is 11.6. The Labute approximate surface area is 111 Å². The Bertz CT molecular complexity index is 428. The molecule has 1 amide bonds. The van der Waals surface area contributed by atoms with Gasteiger partial charge in [-0.1, -0.05) is 22.9 Å². The lowest BCUT2D eigenvalue weighted by Gasteiger charge is -2.14. The number of nitrogens with one attached hydrogen (secondary N) is 1. The van der Waals surface area contributed by atoms with Crippen LogP contribution < -0.4 is 5.32 Å². The Kier molecular flexibility index (Phi) is 5.24.